The normalized spacial score (nSPS) is 16.6. The molecule has 0 heterocycles. The molecule has 0 saturated heterocycles. The van der Waals surface area contributed by atoms with Crippen molar-refractivity contribution >= 4 is 5.69 Å². The Morgan fingerprint density at radius 2 is 2.15 bits per heavy atom. The molecule has 2 aromatic rings. The lowest BCUT2D eigenvalue weighted by Gasteiger charge is -2.17. The van der Waals surface area contributed by atoms with E-state index in [1.807, 2.05) is 31.2 Å². The first-order valence-electron chi connectivity index (χ1n) is 6.73. The number of nitriles is 1. The third-order valence-electron chi connectivity index (χ3n) is 3.91. The Morgan fingerprint density at radius 1 is 1.30 bits per heavy atom. The molecule has 0 saturated carbocycles. The summed E-state index contributed by atoms with van der Waals surface area (Å²) in [6.07, 6.45) is 1.64. The van der Waals surface area contributed by atoms with Crippen molar-refractivity contribution in [3.8, 4) is 6.07 Å². The molecule has 3 heteroatoms. The summed E-state index contributed by atoms with van der Waals surface area (Å²) in [6.45, 7) is 2.00. The minimum Gasteiger partial charge on any atom is -0.378 e. The SMILES string of the molecule is Cc1ccc(C#N)cc1NC1CCc2c(F)cccc21. The Bertz CT molecular complexity index is 701. The van der Waals surface area contributed by atoms with Crippen molar-refractivity contribution in [3.05, 3.63) is 64.5 Å². The van der Waals surface area contributed by atoms with Crippen LogP contribution >= 0.6 is 0 Å². The van der Waals surface area contributed by atoms with Crippen molar-refractivity contribution in [2.75, 3.05) is 5.32 Å². The van der Waals surface area contributed by atoms with Gasteiger partial charge in [0, 0.05) is 5.69 Å². The number of hydrogen-bond donors (Lipinski definition) is 1. The second kappa shape index (κ2) is 4.97. The first-order chi connectivity index (χ1) is 9.69. The van der Waals surface area contributed by atoms with Gasteiger partial charge in [-0.25, -0.2) is 4.39 Å². The van der Waals surface area contributed by atoms with Gasteiger partial charge in [0.05, 0.1) is 17.7 Å². The van der Waals surface area contributed by atoms with E-state index in [1.54, 1.807) is 6.07 Å². The van der Waals surface area contributed by atoms with Crippen molar-refractivity contribution < 1.29 is 4.39 Å². The molecule has 2 aromatic carbocycles. The number of rotatable bonds is 2. The van der Waals surface area contributed by atoms with Crippen LogP contribution in [0.3, 0.4) is 0 Å². The molecule has 0 amide bonds. The highest BCUT2D eigenvalue weighted by Gasteiger charge is 2.24. The molecule has 0 aliphatic heterocycles. The minimum atomic E-state index is -0.116. The minimum absolute atomic E-state index is 0.116. The number of fused-ring (bicyclic) bond motifs is 1. The maximum absolute atomic E-state index is 13.7. The van der Waals surface area contributed by atoms with E-state index in [4.69, 9.17) is 5.26 Å². The van der Waals surface area contributed by atoms with Gasteiger partial charge in [-0.15, -0.1) is 0 Å². The molecule has 0 bridgehead atoms. The van der Waals surface area contributed by atoms with Crippen molar-refractivity contribution in [1.29, 1.82) is 5.26 Å². The molecule has 1 aliphatic carbocycles. The van der Waals surface area contributed by atoms with Crippen LogP contribution in [0.15, 0.2) is 36.4 Å². The van der Waals surface area contributed by atoms with Gasteiger partial charge in [-0.1, -0.05) is 18.2 Å². The van der Waals surface area contributed by atoms with Crippen LogP contribution in [0.25, 0.3) is 0 Å². The summed E-state index contributed by atoms with van der Waals surface area (Å²) in [5.74, 6) is -0.116. The Hall–Kier alpha value is -2.34. The number of anilines is 1. The number of hydrogen-bond acceptors (Lipinski definition) is 2. The van der Waals surface area contributed by atoms with Gasteiger partial charge < -0.3 is 5.32 Å². The summed E-state index contributed by atoms with van der Waals surface area (Å²) in [4.78, 5) is 0. The Kier molecular flexibility index (Phi) is 3.15. The maximum atomic E-state index is 13.7. The standard InChI is InChI=1S/C17H15FN2/c1-11-5-6-12(10-19)9-17(11)20-16-8-7-13-14(16)3-2-4-15(13)18/h2-6,9,16,20H,7-8H2,1H3. The van der Waals surface area contributed by atoms with Crippen molar-refractivity contribution in [2.24, 2.45) is 0 Å². The van der Waals surface area contributed by atoms with Gasteiger partial charge in [0.15, 0.2) is 0 Å². The van der Waals surface area contributed by atoms with E-state index in [9.17, 15) is 4.39 Å². The van der Waals surface area contributed by atoms with E-state index in [0.717, 1.165) is 35.2 Å². The topological polar surface area (TPSA) is 35.8 Å². The second-order valence-electron chi connectivity index (χ2n) is 5.18. The van der Waals surface area contributed by atoms with Crippen LogP contribution in [0.4, 0.5) is 10.1 Å². The molecule has 2 nitrogen and oxygen atoms in total. The van der Waals surface area contributed by atoms with Gasteiger partial charge in [-0.2, -0.15) is 5.26 Å². The summed E-state index contributed by atoms with van der Waals surface area (Å²) in [5, 5.41) is 12.4. The van der Waals surface area contributed by atoms with Gasteiger partial charge in [0.1, 0.15) is 5.82 Å². The van der Waals surface area contributed by atoms with Crippen LogP contribution in [0, 0.1) is 24.1 Å². The average Bonchev–Trinajstić information content (AvgIpc) is 2.86. The fourth-order valence-electron chi connectivity index (χ4n) is 2.79. The fourth-order valence-corrected chi connectivity index (χ4v) is 2.79. The summed E-state index contributed by atoms with van der Waals surface area (Å²) < 4.78 is 13.7. The first kappa shape index (κ1) is 12.7. The molecule has 0 radical (unpaired) electrons. The predicted octanol–water partition coefficient (Wildman–Crippen LogP) is 4.11. The molecule has 1 atom stereocenters. The highest BCUT2D eigenvalue weighted by Crippen LogP contribution is 2.35. The lowest BCUT2D eigenvalue weighted by molar-refractivity contribution is 0.612. The highest BCUT2D eigenvalue weighted by molar-refractivity contribution is 5.57. The largest absolute Gasteiger partial charge is 0.378 e. The van der Waals surface area contributed by atoms with Gasteiger partial charge in [0.25, 0.3) is 0 Å². The number of benzene rings is 2. The summed E-state index contributed by atoms with van der Waals surface area (Å²) in [6, 6.07) is 13.1. The summed E-state index contributed by atoms with van der Waals surface area (Å²) >= 11 is 0. The van der Waals surface area contributed by atoms with E-state index < -0.39 is 0 Å². The summed E-state index contributed by atoms with van der Waals surface area (Å²) in [7, 11) is 0. The van der Waals surface area contributed by atoms with Gasteiger partial charge >= 0.3 is 0 Å². The quantitative estimate of drug-likeness (QED) is 0.888. The van der Waals surface area contributed by atoms with Crippen LogP contribution in [0.5, 0.6) is 0 Å². The van der Waals surface area contributed by atoms with Crippen LogP contribution in [-0.4, -0.2) is 0 Å². The van der Waals surface area contributed by atoms with E-state index in [-0.39, 0.29) is 11.9 Å². The van der Waals surface area contributed by atoms with Crippen LogP contribution < -0.4 is 5.32 Å². The van der Waals surface area contributed by atoms with E-state index in [2.05, 4.69) is 11.4 Å². The second-order valence-corrected chi connectivity index (χ2v) is 5.18. The molecule has 0 aromatic heterocycles. The highest BCUT2D eigenvalue weighted by atomic mass is 19.1. The molecule has 3 rings (SSSR count). The zero-order valence-corrected chi connectivity index (χ0v) is 11.3. The smallest absolute Gasteiger partial charge is 0.126 e. The number of aryl methyl sites for hydroxylation is 1. The third-order valence-corrected chi connectivity index (χ3v) is 3.91. The van der Waals surface area contributed by atoms with E-state index in [0.29, 0.717) is 5.56 Å². The van der Waals surface area contributed by atoms with Gasteiger partial charge in [-0.3, -0.25) is 0 Å². The number of nitrogens with zero attached hydrogens (tertiary/aromatic N) is 1. The molecular weight excluding hydrogens is 251 g/mol. The Morgan fingerprint density at radius 3 is 2.95 bits per heavy atom. The fraction of sp³-hybridized carbons (Fsp3) is 0.235. The Labute approximate surface area is 117 Å². The molecule has 1 aliphatic rings. The zero-order valence-electron chi connectivity index (χ0n) is 11.3. The molecule has 1 N–H and O–H groups in total. The van der Waals surface area contributed by atoms with Crippen LogP contribution in [0.2, 0.25) is 0 Å². The first-order valence-corrected chi connectivity index (χ1v) is 6.73. The average molecular weight is 266 g/mol. The predicted molar refractivity (Wildman–Crippen MR) is 77.0 cm³/mol. The maximum Gasteiger partial charge on any atom is 0.126 e. The monoisotopic (exact) mass is 266 g/mol. The zero-order chi connectivity index (χ0) is 14.1. The van der Waals surface area contributed by atoms with Gasteiger partial charge in [-0.05, 0) is 54.7 Å². The Balaban J connectivity index is 1.92. The number of halogens is 1. The number of nitrogens with one attached hydrogen (secondary N) is 1. The lowest BCUT2D eigenvalue weighted by Crippen LogP contribution is -2.08. The molecule has 100 valence electrons. The molecule has 1 unspecified atom stereocenters. The molecule has 0 fully saturated rings. The van der Waals surface area contributed by atoms with Crippen LogP contribution in [-0.2, 0) is 6.42 Å². The van der Waals surface area contributed by atoms with Crippen molar-refractivity contribution in [2.45, 2.75) is 25.8 Å². The molecule has 0 spiro atoms. The summed E-state index contributed by atoms with van der Waals surface area (Å²) in [5.41, 5.74) is 4.53. The van der Waals surface area contributed by atoms with Crippen molar-refractivity contribution in [1.82, 2.24) is 0 Å². The van der Waals surface area contributed by atoms with Crippen LogP contribution in [0.1, 0.15) is 34.7 Å². The van der Waals surface area contributed by atoms with Crippen molar-refractivity contribution in [3.63, 3.8) is 0 Å². The van der Waals surface area contributed by atoms with E-state index >= 15 is 0 Å². The molecular formula is C17H15FN2. The lowest BCUT2D eigenvalue weighted by atomic mass is 10.1. The van der Waals surface area contributed by atoms with E-state index in [1.165, 1.54) is 6.07 Å². The third kappa shape index (κ3) is 2.14. The van der Waals surface area contributed by atoms with Gasteiger partial charge in [0.2, 0.25) is 0 Å². The molecule has 20 heavy (non-hydrogen) atoms.